The first-order valence-corrected chi connectivity index (χ1v) is 3.87. The molecule has 13 heavy (non-hydrogen) atoms. The molecule has 0 amide bonds. The zero-order chi connectivity index (χ0) is 9.59. The Hall–Kier alpha value is -1.72. The third-order valence-electron chi connectivity index (χ3n) is 1.90. The Labute approximate surface area is 74.2 Å². The van der Waals surface area contributed by atoms with Crippen LogP contribution in [-0.2, 0) is 7.05 Å². The number of tetrazole rings is 1. The molecule has 0 spiro atoms. The van der Waals surface area contributed by atoms with E-state index in [1.54, 1.807) is 14.0 Å². The minimum atomic E-state index is -0.0505. The van der Waals surface area contributed by atoms with Crippen molar-refractivity contribution >= 4 is 11.6 Å². The van der Waals surface area contributed by atoms with Gasteiger partial charge in [0.25, 0.3) is 5.78 Å². The van der Waals surface area contributed by atoms with Gasteiger partial charge in [-0.25, -0.2) is 9.67 Å². The number of aryl methyl sites for hydroxylation is 2. The van der Waals surface area contributed by atoms with Gasteiger partial charge in [0.15, 0.2) is 5.78 Å². The number of fused-ring (bicyclic) bond motifs is 1. The Balaban J connectivity index is 2.86. The van der Waals surface area contributed by atoms with E-state index in [0.29, 0.717) is 17.2 Å². The summed E-state index contributed by atoms with van der Waals surface area (Å²) in [5.41, 5.74) is 1.19. The van der Waals surface area contributed by atoms with E-state index in [2.05, 4.69) is 15.4 Å². The lowest BCUT2D eigenvalue weighted by molar-refractivity contribution is 0.101. The number of rotatable bonds is 1. The maximum Gasteiger partial charge on any atom is 0.251 e. The molecule has 6 heteroatoms. The highest BCUT2D eigenvalue weighted by Crippen LogP contribution is 2.09. The van der Waals surface area contributed by atoms with Crippen LogP contribution in [-0.4, -0.2) is 30.4 Å². The van der Waals surface area contributed by atoms with Crippen molar-refractivity contribution in [2.24, 2.45) is 7.05 Å². The fourth-order valence-corrected chi connectivity index (χ4v) is 1.34. The van der Waals surface area contributed by atoms with E-state index >= 15 is 0 Å². The summed E-state index contributed by atoms with van der Waals surface area (Å²) in [4.78, 5) is 15.4. The van der Waals surface area contributed by atoms with Crippen LogP contribution in [0.5, 0.6) is 0 Å². The van der Waals surface area contributed by atoms with Crippen LogP contribution in [0.3, 0.4) is 0 Å². The predicted octanol–water partition coefficient (Wildman–Crippen LogP) is -0.0262. The quantitative estimate of drug-likeness (QED) is 0.577. The Kier molecular flexibility index (Phi) is 1.45. The minimum absolute atomic E-state index is 0.0505. The van der Waals surface area contributed by atoms with Crippen molar-refractivity contribution in [3.8, 4) is 0 Å². The molecule has 2 rings (SSSR count). The number of aromatic nitrogens is 5. The summed E-state index contributed by atoms with van der Waals surface area (Å²) in [6.45, 7) is 3.27. The van der Waals surface area contributed by atoms with Crippen LogP contribution < -0.4 is 0 Å². The SMILES string of the molecule is CC(=O)c1c(C)nc2n(C)nnn12. The van der Waals surface area contributed by atoms with E-state index in [1.807, 2.05) is 0 Å². The first-order chi connectivity index (χ1) is 6.11. The normalized spacial score (nSPS) is 11.0. The molecule has 2 aromatic rings. The topological polar surface area (TPSA) is 65.1 Å². The van der Waals surface area contributed by atoms with E-state index in [4.69, 9.17) is 0 Å². The summed E-state index contributed by atoms with van der Waals surface area (Å²) in [6.07, 6.45) is 0. The Bertz CT molecular complexity index is 480. The smallest absolute Gasteiger partial charge is 0.251 e. The largest absolute Gasteiger partial charge is 0.293 e. The van der Waals surface area contributed by atoms with Crippen LogP contribution in [0.1, 0.15) is 23.1 Å². The van der Waals surface area contributed by atoms with Gasteiger partial charge in [-0.1, -0.05) is 0 Å². The van der Waals surface area contributed by atoms with Crippen molar-refractivity contribution in [3.63, 3.8) is 0 Å². The van der Waals surface area contributed by atoms with Gasteiger partial charge < -0.3 is 0 Å². The minimum Gasteiger partial charge on any atom is -0.293 e. The first kappa shape index (κ1) is 7.90. The molecule has 0 aromatic carbocycles. The average Bonchev–Trinajstić information content (AvgIpc) is 2.51. The van der Waals surface area contributed by atoms with E-state index < -0.39 is 0 Å². The molecule has 68 valence electrons. The number of hydrogen-bond acceptors (Lipinski definition) is 4. The van der Waals surface area contributed by atoms with Crippen LogP contribution in [0.25, 0.3) is 5.78 Å². The molecule has 0 aliphatic heterocycles. The average molecular weight is 179 g/mol. The van der Waals surface area contributed by atoms with Gasteiger partial charge >= 0.3 is 0 Å². The van der Waals surface area contributed by atoms with E-state index in [1.165, 1.54) is 16.1 Å². The van der Waals surface area contributed by atoms with E-state index in [9.17, 15) is 4.79 Å². The number of carbonyl (C=O) groups excluding carboxylic acids is 1. The van der Waals surface area contributed by atoms with Gasteiger partial charge in [-0.2, -0.15) is 4.52 Å². The second-order valence-corrected chi connectivity index (χ2v) is 2.92. The van der Waals surface area contributed by atoms with E-state index in [0.717, 1.165) is 0 Å². The lowest BCUT2D eigenvalue weighted by atomic mass is 10.3. The van der Waals surface area contributed by atoms with E-state index in [-0.39, 0.29) is 5.78 Å². The van der Waals surface area contributed by atoms with Gasteiger partial charge in [-0.05, 0) is 17.4 Å². The van der Waals surface area contributed by atoms with Crippen molar-refractivity contribution in [2.45, 2.75) is 13.8 Å². The van der Waals surface area contributed by atoms with Gasteiger partial charge in [-0.3, -0.25) is 4.79 Å². The molecule has 0 saturated carbocycles. The summed E-state index contributed by atoms with van der Waals surface area (Å²) in [5, 5.41) is 7.56. The van der Waals surface area contributed by atoms with Crippen molar-refractivity contribution < 1.29 is 4.79 Å². The van der Waals surface area contributed by atoms with Gasteiger partial charge in [0.05, 0.1) is 5.69 Å². The molecular weight excluding hydrogens is 170 g/mol. The van der Waals surface area contributed by atoms with Crippen LogP contribution in [0.15, 0.2) is 0 Å². The monoisotopic (exact) mass is 179 g/mol. The lowest BCUT2D eigenvalue weighted by Gasteiger charge is -1.89. The third kappa shape index (κ3) is 0.947. The Morgan fingerprint density at radius 1 is 1.38 bits per heavy atom. The fourth-order valence-electron chi connectivity index (χ4n) is 1.34. The van der Waals surface area contributed by atoms with Crippen molar-refractivity contribution in [1.82, 2.24) is 24.6 Å². The van der Waals surface area contributed by atoms with Crippen molar-refractivity contribution in [1.29, 1.82) is 0 Å². The zero-order valence-corrected chi connectivity index (χ0v) is 7.64. The standard InChI is InChI=1S/C7H9N5O/c1-4-6(5(2)13)12-7(8-4)11(3)9-10-12/h1-3H3. The summed E-state index contributed by atoms with van der Waals surface area (Å²) >= 11 is 0. The summed E-state index contributed by atoms with van der Waals surface area (Å²) < 4.78 is 2.98. The molecule has 6 nitrogen and oxygen atoms in total. The third-order valence-corrected chi connectivity index (χ3v) is 1.90. The molecule has 0 N–H and O–H groups in total. The van der Waals surface area contributed by atoms with Crippen LogP contribution in [0, 0.1) is 6.92 Å². The van der Waals surface area contributed by atoms with Crippen molar-refractivity contribution in [2.75, 3.05) is 0 Å². The maximum atomic E-state index is 11.2. The maximum absolute atomic E-state index is 11.2. The highest BCUT2D eigenvalue weighted by Gasteiger charge is 2.16. The Morgan fingerprint density at radius 2 is 2.08 bits per heavy atom. The van der Waals surface area contributed by atoms with Gasteiger partial charge in [0.2, 0.25) is 0 Å². The molecular formula is C7H9N5O. The molecule has 0 fully saturated rings. The molecule has 0 atom stereocenters. The fraction of sp³-hybridized carbons (Fsp3) is 0.429. The summed E-state index contributed by atoms with van der Waals surface area (Å²) in [7, 11) is 1.73. The first-order valence-electron chi connectivity index (χ1n) is 3.87. The number of imidazole rings is 1. The summed E-state index contributed by atoms with van der Waals surface area (Å²) in [5.74, 6) is 0.535. The number of carbonyl (C=O) groups is 1. The zero-order valence-electron chi connectivity index (χ0n) is 7.64. The lowest BCUT2D eigenvalue weighted by Crippen LogP contribution is -2.01. The number of nitrogens with zero attached hydrogens (tertiary/aromatic N) is 5. The highest BCUT2D eigenvalue weighted by atomic mass is 16.1. The van der Waals surface area contributed by atoms with Crippen LogP contribution >= 0.6 is 0 Å². The van der Waals surface area contributed by atoms with Gasteiger partial charge in [-0.15, -0.1) is 0 Å². The van der Waals surface area contributed by atoms with Crippen molar-refractivity contribution in [3.05, 3.63) is 11.4 Å². The molecule has 0 aliphatic rings. The van der Waals surface area contributed by atoms with Crippen LogP contribution in [0.2, 0.25) is 0 Å². The van der Waals surface area contributed by atoms with Crippen LogP contribution in [0.4, 0.5) is 0 Å². The number of hydrogen-bond donors (Lipinski definition) is 0. The number of Topliss-reactive ketones (excluding diaryl/α,β-unsaturated/α-hetero) is 1. The molecule has 2 aromatic heterocycles. The molecule has 0 bridgehead atoms. The molecule has 0 aliphatic carbocycles. The highest BCUT2D eigenvalue weighted by molar-refractivity contribution is 5.94. The molecule has 0 saturated heterocycles. The van der Waals surface area contributed by atoms with Gasteiger partial charge in [0, 0.05) is 14.0 Å². The second kappa shape index (κ2) is 2.38. The molecule has 2 heterocycles. The van der Waals surface area contributed by atoms with Gasteiger partial charge in [0.1, 0.15) is 5.69 Å². The Morgan fingerprint density at radius 3 is 2.69 bits per heavy atom. The summed E-state index contributed by atoms with van der Waals surface area (Å²) in [6, 6.07) is 0. The second-order valence-electron chi connectivity index (χ2n) is 2.92. The molecule has 0 radical (unpaired) electrons. The predicted molar refractivity (Wildman–Crippen MR) is 44.5 cm³/mol. The molecule has 0 unspecified atom stereocenters. The number of ketones is 1.